The van der Waals surface area contributed by atoms with Gasteiger partial charge in [0.05, 0.1) is 17.6 Å². The number of nitrogens with one attached hydrogen (secondary N) is 1. The number of esters is 1. The number of aliphatic hydroxyl groups is 1. The minimum absolute atomic E-state index is 0.00616. The van der Waals surface area contributed by atoms with Crippen LogP contribution in [0.15, 0.2) is 24.3 Å². The summed E-state index contributed by atoms with van der Waals surface area (Å²) in [7, 11) is 0. The van der Waals surface area contributed by atoms with E-state index in [1.165, 1.54) is 24.3 Å². The molecule has 1 rings (SSSR count). The van der Waals surface area contributed by atoms with Crippen molar-refractivity contribution in [3.63, 3.8) is 0 Å². The minimum atomic E-state index is -0.742. The van der Waals surface area contributed by atoms with E-state index in [4.69, 9.17) is 4.74 Å². The number of hydrogen-bond acceptors (Lipinski definition) is 6. The number of ether oxygens (including phenoxy) is 1. The van der Waals surface area contributed by atoms with Crippen LogP contribution in [0.25, 0.3) is 0 Å². The first-order valence-electron chi connectivity index (χ1n) is 6.83. The summed E-state index contributed by atoms with van der Waals surface area (Å²) >= 11 is 0. The third-order valence-corrected chi connectivity index (χ3v) is 2.87. The summed E-state index contributed by atoms with van der Waals surface area (Å²) in [6, 6.07) is 5.78. The number of nitrogens with zero attached hydrogens (tertiary/aromatic N) is 1. The van der Waals surface area contributed by atoms with E-state index in [1.807, 2.05) is 0 Å². The Labute approximate surface area is 123 Å². The molecule has 0 heterocycles. The second kappa shape index (κ2) is 9.04. The Morgan fingerprint density at radius 2 is 2.10 bits per heavy atom. The molecule has 0 aromatic heterocycles. The maximum atomic E-state index is 11.1. The number of non-ortho nitro benzene ring substituents is 1. The van der Waals surface area contributed by atoms with E-state index in [9.17, 15) is 20.0 Å². The second-order valence-electron chi connectivity index (χ2n) is 4.48. The molecule has 116 valence electrons. The molecule has 7 heteroatoms. The molecule has 0 aliphatic heterocycles. The lowest BCUT2D eigenvalue weighted by Gasteiger charge is -2.12. The summed E-state index contributed by atoms with van der Waals surface area (Å²) in [5.41, 5.74) is 0.604. The standard InChI is InChI=1S/C14H20N2O5/c1-2-21-14(18)4-3-9-15-10-13(17)11-5-7-12(8-6-11)16(19)20/h5-8,13,15,17H,2-4,9-10H2,1H3. The first-order chi connectivity index (χ1) is 10.0. The van der Waals surface area contributed by atoms with Crippen LogP contribution in [0, 0.1) is 10.1 Å². The van der Waals surface area contributed by atoms with Gasteiger partial charge in [-0.2, -0.15) is 0 Å². The molecule has 0 aliphatic carbocycles. The quantitative estimate of drug-likeness (QED) is 0.310. The van der Waals surface area contributed by atoms with Gasteiger partial charge in [-0.1, -0.05) is 0 Å². The van der Waals surface area contributed by atoms with E-state index in [0.717, 1.165) is 0 Å². The van der Waals surface area contributed by atoms with Crippen molar-refractivity contribution in [2.45, 2.75) is 25.9 Å². The molecule has 0 radical (unpaired) electrons. The van der Waals surface area contributed by atoms with E-state index in [1.54, 1.807) is 6.92 Å². The Morgan fingerprint density at radius 3 is 2.67 bits per heavy atom. The second-order valence-corrected chi connectivity index (χ2v) is 4.48. The van der Waals surface area contributed by atoms with Crippen LogP contribution in [0.5, 0.6) is 0 Å². The van der Waals surface area contributed by atoms with Gasteiger partial charge < -0.3 is 15.2 Å². The molecule has 1 aromatic carbocycles. The van der Waals surface area contributed by atoms with Crippen molar-refractivity contribution in [3.05, 3.63) is 39.9 Å². The number of hydrogen-bond donors (Lipinski definition) is 2. The molecule has 0 fully saturated rings. The molecule has 1 atom stereocenters. The molecule has 0 saturated carbocycles. The molecule has 0 saturated heterocycles. The molecule has 0 aliphatic rings. The van der Waals surface area contributed by atoms with Gasteiger partial charge in [0, 0.05) is 25.1 Å². The van der Waals surface area contributed by atoms with Crippen LogP contribution >= 0.6 is 0 Å². The van der Waals surface area contributed by atoms with Crippen LogP contribution in [0.4, 0.5) is 5.69 Å². The summed E-state index contributed by atoms with van der Waals surface area (Å²) in [5.74, 6) is -0.227. The van der Waals surface area contributed by atoms with Crippen molar-refractivity contribution < 1.29 is 19.6 Å². The Kier molecular flexibility index (Phi) is 7.34. The number of aliphatic hydroxyl groups excluding tert-OH is 1. The SMILES string of the molecule is CCOC(=O)CCCNCC(O)c1ccc([N+](=O)[O-])cc1. The van der Waals surface area contributed by atoms with Gasteiger partial charge in [-0.25, -0.2) is 0 Å². The van der Waals surface area contributed by atoms with E-state index in [-0.39, 0.29) is 11.7 Å². The summed E-state index contributed by atoms with van der Waals surface area (Å²) in [4.78, 5) is 21.1. The van der Waals surface area contributed by atoms with Crippen LogP contribution in [-0.2, 0) is 9.53 Å². The van der Waals surface area contributed by atoms with E-state index >= 15 is 0 Å². The van der Waals surface area contributed by atoms with E-state index in [2.05, 4.69) is 5.32 Å². The number of rotatable bonds is 9. The maximum Gasteiger partial charge on any atom is 0.305 e. The van der Waals surface area contributed by atoms with Crippen LogP contribution < -0.4 is 5.32 Å². The molecule has 0 amide bonds. The van der Waals surface area contributed by atoms with Crippen molar-refractivity contribution in [3.8, 4) is 0 Å². The summed E-state index contributed by atoms with van der Waals surface area (Å²) in [6.07, 6.45) is 0.230. The van der Waals surface area contributed by atoms with Gasteiger partial charge in [-0.15, -0.1) is 0 Å². The average Bonchev–Trinajstić information content (AvgIpc) is 2.47. The van der Waals surface area contributed by atoms with E-state index < -0.39 is 11.0 Å². The van der Waals surface area contributed by atoms with Gasteiger partial charge in [0.2, 0.25) is 0 Å². The number of carbonyl (C=O) groups excluding carboxylic acids is 1. The number of carbonyl (C=O) groups is 1. The fourth-order valence-corrected chi connectivity index (χ4v) is 1.77. The van der Waals surface area contributed by atoms with Gasteiger partial charge in [-0.3, -0.25) is 14.9 Å². The zero-order chi connectivity index (χ0) is 15.7. The molecule has 1 unspecified atom stereocenters. The van der Waals surface area contributed by atoms with Gasteiger partial charge in [0.25, 0.3) is 5.69 Å². The predicted octanol–water partition coefficient (Wildman–Crippen LogP) is 1.56. The van der Waals surface area contributed by atoms with E-state index in [0.29, 0.717) is 38.1 Å². The molecule has 1 aromatic rings. The topological polar surface area (TPSA) is 102 Å². The third-order valence-electron chi connectivity index (χ3n) is 2.87. The van der Waals surface area contributed by atoms with Crippen molar-refractivity contribution in [1.82, 2.24) is 5.32 Å². The highest BCUT2D eigenvalue weighted by molar-refractivity contribution is 5.69. The molecule has 7 nitrogen and oxygen atoms in total. The third kappa shape index (κ3) is 6.33. The summed E-state index contributed by atoms with van der Waals surface area (Å²) < 4.78 is 4.80. The largest absolute Gasteiger partial charge is 0.466 e. The Hall–Kier alpha value is -1.99. The first kappa shape index (κ1) is 17.1. The normalized spacial score (nSPS) is 11.9. The van der Waals surface area contributed by atoms with Gasteiger partial charge >= 0.3 is 5.97 Å². The Balaban J connectivity index is 2.26. The monoisotopic (exact) mass is 296 g/mol. The van der Waals surface area contributed by atoms with Crippen molar-refractivity contribution >= 4 is 11.7 Å². The van der Waals surface area contributed by atoms with Crippen molar-refractivity contribution in [2.75, 3.05) is 19.7 Å². The smallest absolute Gasteiger partial charge is 0.305 e. The minimum Gasteiger partial charge on any atom is -0.466 e. The Morgan fingerprint density at radius 1 is 1.43 bits per heavy atom. The lowest BCUT2D eigenvalue weighted by atomic mass is 10.1. The molecule has 0 spiro atoms. The van der Waals surface area contributed by atoms with Crippen LogP contribution in [0.3, 0.4) is 0 Å². The molecule has 21 heavy (non-hydrogen) atoms. The van der Waals surface area contributed by atoms with Crippen LogP contribution in [-0.4, -0.2) is 35.7 Å². The lowest BCUT2D eigenvalue weighted by molar-refractivity contribution is -0.384. The highest BCUT2D eigenvalue weighted by Gasteiger charge is 2.10. The Bertz CT molecular complexity index is 461. The molecule has 2 N–H and O–H groups in total. The fraction of sp³-hybridized carbons (Fsp3) is 0.500. The van der Waals surface area contributed by atoms with Gasteiger partial charge in [0.1, 0.15) is 0 Å². The van der Waals surface area contributed by atoms with Crippen LogP contribution in [0.1, 0.15) is 31.4 Å². The number of benzene rings is 1. The molecular weight excluding hydrogens is 276 g/mol. The maximum absolute atomic E-state index is 11.1. The summed E-state index contributed by atoms with van der Waals surface area (Å²) in [6.45, 7) is 3.05. The zero-order valence-electron chi connectivity index (χ0n) is 11.9. The fourth-order valence-electron chi connectivity index (χ4n) is 1.77. The summed E-state index contributed by atoms with van der Waals surface area (Å²) in [5, 5.41) is 23.5. The number of nitro groups is 1. The first-order valence-corrected chi connectivity index (χ1v) is 6.83. The van der Waals surface area contributed by atoms with Crippen molar-refractivity contribution in [1.29, 1.82) is 0 Å². The highest BCUT2D eigenvalue weighted by Crippen LogP contribution is 2.17. The van der Waals surface area contributed by atoms with Gasteiger partial charge in [-0.05, 0) is 37.6 Å². The van der Waals surface area contributed by atoms with Crippen molar-refractivity contribution in [2.24, 2.45) is 0 Å². The predicted molar refractivity (Wildman–Crippen MR) is 76.8 cm³/mol. The average molecular weight is 296 g/mol. The highest BCUT2D eigenvalue weighted by atomic mass is 16.6. The zero-order valence-corrected chi connectivity index (χ0v) is 11.9. The van der Waals surface area contributed by atoms with Crippen LogP contribution in [0.2, 0.25) is 0 Å². The number of nitro benzene ring substituents is 1. The molecule has 0 bridgehead atoms. The molecular formula is C14H20N2O5. The lowest BCUT2D eigenvalue weighted by Crippen LogP contribution is -2.23. The van der Waals surface area contributed by atoms with Gasteiger partial charge in [0.15, 0.2) is 0 Å².